The number of amides is 1. The summed E-state index contributed by atoms with van der Waals surface area (Å²) in [6.07, 6.45) is 14.8. The zero-order chi connectivity index (χ0) is 23.2. The molecule has 0 spiro atoms. The van der Waals surface area contributed by atoms with Crippen LogP contribution in [0.4, 0.5) is 8.78 Å². The van der Waals surface area contributed by atoms with Gasteiger partial charge >= 0.3 is 0 Å². The molecule has 1 amide bonds. The Bertz CT molecular complexity index is 1020. The predicted molar refractivity (Wildman–Crippen MR) is 134 cm³/mol. The lowest BCUT2D eigenvalue weighted by Crippen LogP contribution is -2.38. The van der Waals surface area contributed by atoms with E-state index in [2.05, 4.69) is 0 Å². The van der Waals surface area contributed by atoms with Gasteiger partial charge in [0.15, 0.2) is 11.6 Å². The lowest BCUT2D eigenvalue weighted by molar-refractivity contribution is -0.123. The van der Waals surface area contributed by atoms with Crippen LogP contribution < -0.4 is 0 Å². The van der Waals surface area contributed by atoms with Gasteiger partial charge in [-0.05, 0) is 43.2 Å². The predicted octanol–water partition coefficient (Wildman–Crippen LogP) is 8.10. The molecule has 176 valence electrons. The maximum absolute atomic E-state index is 13.6. The number of rotatable bonds is 3. The van der Waals surface area contributed by atoms with E-state index in [0.29, 0.717) is 26.3 Å². The number of hydrogen-bond donors (Lipinski definition) is 0. The van der Waals surface area contributed by atoms with E-state index in [-0.39, 0.29) is 11.9 Å². The minimum absolute atomic E-state index is 0.0622. The van der Waals surface area contributed by atoms with Crippen LogP contribution in [0, 0.1) is 11.6 Å². The number of furan rings is 1. The summed E-state index contributed by atoms with van der Waals surface area (Å²) in [5.41, 5.74) is 0.439. The smallest absolute Gasteiger partial charge is 0.266 e. The Morgan fingerprint density at radius 3 is 2.18 bits per heavy atom. The highest BCUT2D eigenvalue weighted by Gasteiger charge is 2.36. The van der Waals surface area contributed by atoms with Crippen molar-refractivity contribution in [3.8, 4) is 11.3 Å². The van der Waals surface area contributed by atoms with Crippen LogP contribution in [0.1, 0.15) is 76.4 Å². The molecule has 0 radical (unpaired) electrons. The molecule has 1 aliphatic heterocycles. The van der Waals surface area contributed by atoms with Crippen LogP contribution in [0.3, 0.4) is 0 Å². The maximum Gasteiger partial charge on any atom is 0.266 e. The average molecular weight is 490 g/mol. The van der Waals surface area contributed by atoms with Gasteiger partial charge < -0.3 is 4.42 Å². The highest BCUT2D eigenvalue weighted by atomic mass is 32.2. The summed E-state index contributed by atoms with van der Waals surface area (Å²) in [6.45, 7) is 0. The number of hydrogen-bond acceptors (Lipinski definition) is 4. The molecule has 2 fully saturated rings. The van der Waals surface area contributed by atoms with E-state index in [1.165, 1.54) is 62.8 Å². The molecule has 4 rings (SSSR count). The first kappa shape index (κ1) is 24.1. The fourth-order valence-corrected chi connectivity index (χ4v) is 5.94. The second-order valence-electron chi connectivity index (χ2n) is 8.80. The molecule has 0 bridgehead atoms. The molecule has 3 nitrogen and oxygen atoms in total. The van der Waals surface area contributed by atoms with Gasteiger partial charge in [0.1, 0.15) is 15.8 Å². The van der Waals surface area contributed by atoms with Crippen LogP contribution >= 0.6 is 24.0 Å². The second-order valence-corrected chi connectivity index (χ2v) is 10.5. The largest absolute Gasteiger partial charge is 0.457 e. The van der Waals surface area contributed by atoms with Crippen molar-refractivity contribution in [2.75, 3.05) is 0 Å². The summed E-state index contributed by atoms with van der Waals surface area (Å²) < 4.78 is 33.2. The van der Waals surface area contributed by atoms with Gasteiger partial charge in [-0.15, -0.1) is 0 Å². The van der Waals surface area contributed by atoms with Crippen LogP contribution in [0.2, 0.25) is 0 Å². The van der Waals surface area contributed by atoms with Gasteiger partial charge in [-0.25, -0.2) is 8.78 Å². The minimum Gasteiger partial charge on any atom is -0.457 e. The van der Waals surface area contributed by atoms with Crippen molar-refractivity contribution in [2.24, 2.45) is 0 Å². The summed E-state index contributed by atoms with van der Waals surface area (Å²) in [7, 11) is 0. The van der Waals surface area contributed by atoms with Crippen LogP contribution in [0.5, 0.6) is 0 Å². The molecule has 7 heteroatoms. The topological polar surface area (TPSA) is 33.5 Å². The van der Waals surface area contributed by atoms with Gasteiger partial charge in [-0.3, -0.25) is 9.69 Å². The highest BCUT2D eigenvalue weighted by molar-refractivity contribution is 8.26. The van der Waals surface area contributed by atoms with E-state index in [1.807, 2.05) is 4.90 Å². The molecule has 33 heavy (non-hydrogen) atoms. The highest BCUT2D eigenvalue weighted by Crippen LogP contribution is 2.37. The van der Waals surface area contributed by atoms with E-state index >= 15 is 0 Å². The van der Waals surface area contributed by atoms with Gasteiger partial charge in [0.25, 0.3) is 5.91 Å². The van der Waals surface area contributed by atoms with Crippen molar-refractivity contribution in [2.45, 2.75) is 76.7 Å². The summed E-state index contributed by atoms with van der Waals surface area (Å²) in [6, 6.07) is 7.19. The Hall–Kier alpha value is -1.99. The zero-order valence-electron chi connectivity index (χ0n) is 18.7. The first-order chi connectivity index (χ1) is 16.0. The third kappa shape index (κ3) is 6.12. The Morgan fingerprint density at radius 1 is 0.909 bits per heavy atom. The molecule has 0 unspecified atom stereocenters. The summed E-state index contributed by atoms with van der Waals surface area (Å²) >= 11 is 6.91. The quantitative estimate of drug-likeness (QED) is 0.322. The number of carbonyl (C=O) groups is 1. The molecule has 2 aromatic rings. The number of thiocarbonyl (C=S) groups is 1. The summed E-state index contributed by atoms with van der Waals surface area (Å²) in [5.74, 6) is -0.999. The van der Waals surface area contributed by atoms with Crippen molar-refractivity contribution in [3.63, 3.8) is 0 Å². The molecule has 0 N–H and O–H groups in total. The van der Waals surface area contributed by atoms with Gasteiger partial charge in [0.05, 0.1) is 4.91 Å². The third-order valence-electron chi connectivity index (χ3n) is 6.37. The van der Waals surface area contributed by atoms with E-state index in [9.17, 15) is 13.6 Å². The zero-order valence-corrected chi connectivity index (χ0v) is 20.3. The van der Waals surface area contributed by atoms with Crippen LogP contribution in [-0.4, -0.2) is 21.2 Å². The SMILES string of the molecule is O=C1/C(=C\c2ccc(-c3ccc(F)c(F)c3)o2)SC(=S)N1C1CCCCCCCCCCC1. The van der Waals surface area contributed by atoms with Crippen molar-refractivity contribution in [1.29, 1.82) is 0 Å². The van der Waals surface area contributed by atoms with Crippen LogP contribution in [-0.2, 0) is 4.79 Å². The Kier molecular flexibility index (Phi) is 8.36. The average Bonchev–Trinajstić information content (AvgIpc) is 3.35. The number of benzene rings is 1. The van der Waals surface area contributed by atoms with Crippen molar-refractivity contribution in [3.05, 3.63) is 52.6 Å². The summed E-state index contributed by atoms with van der Waals surface area (Å²) in [4.78, 5) is 15.6. The fraction of sp³-hybridized carbons (Fsp3) is 0.462. The Balaban J connectivity index is 1.47. The Labute approximate surface area is 203 Å². The monoisotopic (exact) mass is 489 g/mol. The summed E-state index contributed by atoms with van der Waals surface area (Å²) in [5, 5.41) is 0. The van der Waals surface area contributed by atoms with Crippen molar-refractivity contribution in [1.82, 2.24) is 4.90 Å². The Morgan fingerprint density at radius 2 is 1.55 bits per heavy atom. The van der Waals surface area contributed by atoms with E-state index < -0.39 is 11.6 Å². The molecular formula is C26H29F2NO2S2. The molecule has 1 saturated heterocycles. The first-order valence-electron chi connectivity index (χ1n) is 11.9. The normalized spacial score (nSPS) is 20.8. The standard InChI is InChI=1S/C26H29F2NO2S2/c27-21-14-12-18(16-22(21)28)23-15-13-20(31-23)17-24-25(30)29(26(32)33-24)19-10-8-6-4-2-1-3-5-7-9-11-19/h12-17,19H,1-11H2/b24-17+. The van der Waals surface area contributed by atoms with Gasteiger partial charge in [-0.2, -0.15) is 0 Å². The molecular weight excluding hydrogens is 460 g/mol. The second kappa shape index (κ2) is 11.4. The first-order valence-corrected chi connectivity index (χ1v) is 13.1. The molecule has 2 heterocycles. The molecule has 1 aromatic carbocycles. The lowest BCUT2D eigenvalue weighted by atomic mass is 9.97. The molecule has 2 aliphatic rings. The molecule has 0 atom stereocenters. The number of thioether (sulfide) groups is 1. The van der Waals surface area contributed by atoms with Crippen LogP contribution in [0.25, 0.3) is 17.4 Å². The number of halogens is 2. The van der Waals surface area contributed by atoms with Gasteiger partial charge in [-0.1, -0.05) is 81.8 Å². The van der Waals surface area contributed by atoms with Gasteiger partial charge in [0.2, 0.25) is 0 Å². The van der Waals surface area contributed by atoms with E-state index in [0.717, 1.165) is 37.8 Å². The molecule has 1 saturated carbocycles. The number of nitrogens with zero attached hydrogens (tertiary/aromatic N) is 1. The van der Waals surface area contributed by atoms with E-state index in [1.54, 1.807) is 18.2 Å². The third-order valence-corrected chi connectivity index (χ3v) is 7.70. The molecule has 1 aromatic heterocycles. The lowest BCUT2D eigenvalue weighted by Gasteiger charge is -2.27. The van der Waals surface area contributed by atoms with Crippen LogP contribution in [0.15, 0.2) is 39.7 Å². The minimum atomic E-state index is -0.927. The molecule has 1 aliphatic carbocycles. The van der Waals surface area contributed by atoms with Crippen molar-refractivity contribution < 1.29 is 18.0 Å². The van der Waals surface area contributed by atoms with Gasteiger partial charge in [0, 0.05) is 17.7 Å². The maximum atomic E-state index is 13.6. The van der Waals surface area contributed by atoms with Crippen molar-refractivity contribution >= 4 is 40.3 Å². The van der Waals surface area contributed by atoms with E-state index in [4.69, 9.17) is 16.6 Å². The fourth-order valence-electron chi connectivity index (χ4n) is 4.56. The number of carbonyl (C=O) groups excluding carboxylic acids is 1.